The first kappa shape index (κ1) is 19.8. The molecule has 0 N–H and O–H groups in total. The lowest BCUT2D eigenvalue weighted by atomic mass is 9.88. The van der Waals surface area contributed by atoms with Crippen LogP contribution >= 0.6 is 0 Å². The van der Waals surface area contributed by atoms with Crippen LogP contribution in [0.1, 0.15) is 57.8 Å². The zero-order chi connectivity index (χ0) is 21.8. The molecule has 3 aliphatic rings. The smallest absolute Gasteiger partial charge is 0.270 e. The van der Waals surface area contributed by atoms with E-state index >= 15 is 0 Å². The van der Waals surface area contributed by atoms with Crippen molar-refractivity contribution in [3.05, 3.63) is 56.0 Å². The number of non-ortho nitro benzene ring substituents is 1. The van der Waals surface area contributed by atoms with Crippen molar-refractivity contribution >= 4 is 17.3 Å². The molecule has 3 heterocycles. The van der Waals surface area contributed by atoms with Gasteiger partial charge in [0.1, 0.15) is 0 Å². The molecule has 0 radical (unpaired) electrons. The molecular formula is C20H21N5O6. The van der Waals surface area contributed by atoms with Gasteiger partial charge in [0.05, 0.1) is 17.1 Å². The van der Waals surface area contributed by atoms with E-state index in [9.17, 15) is 24.9 Å². The molecule has 0 saturated carbocycles. The molecule has 0 bridgehead atoms. The van der Waals surface area contributed by atoms with Gasteiger partial charge in [0, 0.05) is 59.6 Å². The number of carbonyl (C=O) groups excluding carboxylic acids is 2. The van der Waals surface area contributed by atoms with E-state index in [4.69, 9.17) is 4.74 Å². The van der Waals surface area contributed by atoms with E-state index in [1.807, 2.05) is 0 Å². The molecule has 162 valence electrons. The second-order valence-corrected chi connectivity index (χ2v) is 8.30. The van der Waals surface area contributed by atoms with Crippen LogP contribution in [-0.4, -0.2) is 63.0 Å². The Kier molecular flexibility index (Phi) is 4.59. The highest BCUT2D eigenvalue weighted by atomic mass is 16.6. The van der Waals surface area contributed by atoms with E-state index < -0.39 is 16.5 Å². The Morgan fingerprint density at radius 1 is 1.13 bits per heavy atom. The van der Waals surface area contributed by atoms with Crippen LogP contribution in [0.4, 0.5) is 5.69 Å². The maximum absolute atomic E-state index is 13.1. The van der Waals surface area contributed by atoms with E-state index in [0.717, 1.165) is 62.2 Å². The van der Waals surface area contributed by atoms with Crippen LogP contribution in [0.25, 0.3) is 0 Å². The van der Waals surface area contributed by atoms with Crippen LogP contribution in [0.2, 0.25) is 0 Å². The molecule has 0 amide bonds. The monoisotopic (exact) mass is 427 g/mol. The largest absolute Gasteiger partial charge is 0.571 e. The van der Waals surface area contributed by atoms with Gasteiger partial charge in [-0.2, -0.15) is 0 Å². The second kappa shape index (κ2) is 7.20. The van der Waals surface area contributed by atoms with Crippen molar-refractivity contribution in [3.63, 3.8) is 0 Å². The normalized spacial score (nSPS) is 20.1. The molecule has 2 fully saturated rings. The SMILES string of the molecule is O=C1c2ccc([N+](=O)[O-])cc2C(=O)c2c1n[n+]([O-])n2CCN1CCC2(CCCO2)CC1. The van der Waals surface area contributed by atoms with Gasteiger partial charge in [-0.1, -0.05) is 0 Å². The standard InChI is InChI=1S/C20H21N5O6/c26-18-14-3-2-13(24(28)29)12-15(14)19(27)17-16(18)21-25(30)23(17)10-9-22-7-5-20(6-8-22)4-1-11-31-20/h2-3,12H,1,4-11H2. The number of hydrogen-bond donors (Lipinski definition) is 0. The molecule has 1 aromatic carbocycles. The van der Waals surface area contributed by atoms with Crippen molar-refractivity contribution in [2.75, 3.05) is 26.2 Å². The van der Waals surface area contributed by atoms with Gasteiger partial charge in [-0.05, 0) is 31.7 Å². The number of fused-ring (bicyclic) bond motifs is 2. The molecule has 2 aromatic rings. The number of carbonyl (C=O) groups is 2. The highest BCUT2D eigenvalue weighted by molar-refractivity contribution is 6.27. The molecule has 11 heteroatoms. The third-order valence-corrected chi connectivity index (χ3v) is 6.59. The van der Waals surface area contributed by atoms with Gasteiger partial charge in [-0.15, -0.1) is 4.68 Å². The number of nitrogens with zero attached hydrogens (tertiary/aromatic N) is 5. The average molecular weight is 427 g/mol. The first-order chi connectivity index (χ1) is 14.9. The van der Waals surface area contributed by atoms with Crippen LogP contribution in [0.5, 0.6) is 0 Å². The van der Waals surface area contributed by atoms with Crippen molar-refractivity contribution in [2.45, 2.75) is 37.8 Å². The molecule has 0 unspecified atom stereocenters. The molecular weight excluding hydrogens is 406 g/mol. The second-order valence-electron chi connectivity index (χ2n) is 8.30. The quantitative estimate of drug-likeness (QED) is 0.259. The molecule has 1 aliphatic carbocycles. The Hall–Kier alpha value is -3.18. The fraction of sp³-hybridized carbons (Fsp3) is 0.500. The zero-order valence-electron chi connectivity index (χ0n) is 16.8. The number of likely N-dealkylation sites (tertiary alicyclic amines) is 1. The minimum Gasteiger partial charge on any atom is -0.571 e. The summed E-state index contributed by atoms with van der Waals surface area (Å²) in [5.41, 5.74) is -0.679. The van der Waals surface area contributed by atoms with E-state index in [2.05, 4.69) is 10.00 Å². The van der Waals surface area contributed by atoms with Gasteiger partial charge < -0.3 is 14.8 Å². The number of hydrogen-bond acceptors (Lipinski definition) is 8. The fourth-order valence-electron chi connectivity index (χ4n) is 4.83. The highest BCUT2D eigenvalue weighted by Crippen LogP contribution is 2.35. The lowest BCUT2D eigenvalue weighted by Gasteiger charge is -2.38. The number of rotatable bonds is 4. The lowest BCUT2D eigenvalue weighted by Crippen LogP contribution is -2.47. The summed E-state index contributed by atoms with van der Waals surface area (Å²) < 4.78 is 7.08. The van der Waals surface area contributed by atoms with Gasteiger partial charge >= 0.3 is 0 Å². The molecule has 5 rings (SSSR count). The molecule has 1 aromatic heterocycles. The average Bonchev–Trinajstić information content (AvgIpc) is 3.36. The maximum atomic E-state index is 13.1. The van der Waals surface area contributed by atoms with Gasteiger partial charge in [-0.3, -0.25) is 19.7 Å². The Morgan fingerprint density at radius 3 is 2.58 bits per heavy atom. The van der Waals surface area contributed by atoms with Crippen molar-refractivity contribution in [1.82, 2.24) is 14.7 Å². The summed E-state index contributed by atoms with van der Waals surface area (Å²) in [6.07, 6.45) is 4.04. The van der Waals surface area contributed by atoms with E-state index in [1.54, 1.807) is 0 Å². The molecule has 31 heavy (non-hydrogen) atoms. The van der Waals surface area contributed by atoms with Crippen LogP contribution in [0.15, 0.2) is 18.2 Å². The molecule has 1 spiro atoms. The summed E-state index contributed by atoms with van der Waals surface area (Å²) in [5, 5.41) is 27.2. The summed E-state index contributed by atoms with van der Waals surface area (Å²) >= 11 is 0. The van der Waals surface area contributed by atoms with Gasteiger partial charge in [0.25, 0.3) is 5.69 Å². The Labute approximate surface area is 176 Å². The minimum atomic E-state index is -0.629. The van der Waals surface area contributed by atoms with Crippen LogP contribution in [0.3, 0.4) is 0 Å². The molecule has 11 nitrogen and oxygen atoms in total. The Morgan fingerprint density at radius 2 is 1.90 bits per heavy atom. The lowest BCUT2D eigenvalue weighted by molar-refractivity contribution is -0.749. The Bertz CT molecular complexity index is 1090. The fourth-order valence-corrected chi connectivity index (χ4v) is 4.83. The summed E-state index contributed by atoms with van der Waals surface area (Å²) in [4.78, 5) is 38.8. The van der Waals surface area contributed by atoms with Crippen molar-refractivity contribution in [2.24, 2.45) is 0 Å². The van der Waals surface area contributed by atoms with E-state index in [-0.39, 0.29) is 45.3 Å². The first-order valence-corrected chi connectivity index (χ1v) is 10.3. The summed E-state index contributed by atoms with van der Waals surface area (Å²) in [6, 6.07) is 3.48. The number of ether oxygens (including phenoxy) is 1. The van der Waals surface area contributed by atoms with Crippen LogP contribution < -0.4 is 4.96 Å². The van der Waals surface area contributed by atoms with Crippen molar-refractivity contribution in [3.8, 4) is 0 Å². The number of aromatic nitrogens is 3. The van der Waals surface area contributed by atoms with Crippen molar-refractivity contribution in [1.29, 1.82) is 0 Å². The number of piperidine rings is 1. The van der Waals surface area contributed by atoms with Crippen molar-refractivity contribution < 1.29 is 24.2 Å². The highest BCUT2D eigenvalue weighted by Gasteiger charge is 2.41. The van der Waals surface area contributed by atoms with E-state index in [0.29, 0.717) is 6.54 Å². The van der Waals surface area contributed by atoms with Gasteiger partial charge in [-0.25, -0.2) is 0 Å². The first-order valence-electron chi connectivity index (χ1n) is 10.3. The van der Waals surface area contributed by atoms with Crippen LogP contribution in [0, 0.1) is 15.3 Å². The predicted molar refractivity (Wildman–Crippen MR) is 105 cm³/mol. The number of benzene rings is 1. The van der Waals surface area contributed by atoms with Gasteiger partial charge in [0.2, 0.25) is 17.3 Å². The number of nitro groups is 1. The van der Waals surface area contributed by atoms with E-state index in [1.165, 1.54) is 6.07 Å². The third-order valence-electron chi connectivity index (χ3n) is 6.59. The van der Waals surface area contributed by atoms with Gasteiger partial charge in [0.15, 0.2) is 5.69 Å². The number of ketones is 2. The number of nitro benzene ring substituents is 1. The molecule has 2 saturated heterocycles. The summed E-state index contributed by atoms with van der Waals surface area (Å²) in [7, 11) is 0. The Balaban J connectivity index is 1.37. The summed E-state index contributed by atoms with van der Waals surface area (Å²) in [6.45, 7) is 3.18. The maximum Gasteiger partial charge on any atom is 0.270 e. The van der Waals surface area contributed by atoms with Crippen LogP contribution in [-0.2, 0) is 11.3 Å². The third kappa shape index (κ3) is 3.20. The zero-order valence-corrected chi connectivity index (χ0v) is 16.8. The molecule has 2 aliphatic heterocycles. The summed E-state index contributed by atoms with van der Waals surface area (Å²) in [5.74, 6) is -1.19. The molecule has 0 atom stereocenters. The minimum absolute atomic E-state index is 0.00999. The topological polar surface area (TPSA) is 135 Å². The predicted octanol–water partition coefficient (Wildman–Crippen LogP) is 0.845.